The highest BCUT2D eigenvalue weighted by Crippen LogP contribution is 2.39. The summed E-state index contributed by atoms with van der Waals surface area (Å²) in [5, 5.41) is 17.7. The van der Waals surface area contributed by atoms with Gasteiger partial charge in [-0.2, -0.15) is 26.3 Å². The van der Waals surface area contributed by atoms with Crippen molar-refractivity contribution in [3.05, 3.63) is 23.9 Å². The first-order valence-electron chi connectivity index (χ1n) is 9.21. The van der Waals surface area contributed by atoms with E-state index in [0.717, 1.165) is 6.54 Å². The van der Waals surface area contributed by atoms with E-state index >= 15 is 0 Å². The average Bonchev–Trinajstić information content (AvgIpc) is 2.67. The van der Waals surface area contributed by atoms with Gasteiger partial charge in [-0.1, -0.05) is 6.07 Å². The number of ether oxygens (including phenoxy) is 1. The number of carbonyl (C=O) groups is 2. The molecule has 0 atom stereocenters. The molecule has 14 heteroatoms. The summed E-state index contributed by atoms with van der Waals surface area (Å²) in [6.45, 7) is 5.91. The zero-order valence-corrected chi connectivity index (χ0v) is 17.0. The molecule has 2 fully saturated rings. The van der Waals surface area contributed by atoms with Crippen molar-refractivity contribution >= 4 is 11.9 Å². The SMILES string of the molecule is COc1ccc(CN2CC3(CCNCC3)C2)cn1.O=C(O)C(F)(F)F.O=C(O)C(F)(F)F. The summed E-state index contributed by atoms with van der Waals surface area (Å²) in [5.74, 6) is -4.82. The molecule has 0 unspecified atom stereocenters. The number of rotatable bonds is 3. The third-order valence-electron chi connectivity index (χ3n) is 4.68. The van der Waals surface area contributed by atoms with E-state index in [9.17, 15) is 26.3 Å². The maximum Gasteiger partial charge on any atom is 0.490 e. The molecule has 2 aliphatic heterocycles. The Kier molecular flexibility index (Phi) is 9.70. The van der Waals surface area contributed by atoms with Crippen LogP contribution in [0.25, 0.3) is 0 Å². The van der Waals surface area contributed by atoms with E-state index in [-0.39, 0.29) is 0 Å². The van der Waals surface area contributed by atoms with Gasteiger partial charge in [0, 0.05) is 31.9 Å². The van der Waals surface area contributed by atoms with E-state index in [0.29, 0.717) is 11.3 Å². The standard InChI is InChI=1S/C14H21N3O.2C2HF3O2/c1-18-13-3-2-12(8-16-13)9-17-10-14(11-17)4-6-15-7-5-14;2*3-2(4,5)1(6)7/h2-3,8,15H,4-7,9-11H2,1H3;2*(H,6,7). The molecule has 0 aromatic carbocycles. The molecule has 182 valence electrons. The van der Waals surface area contributed by atoms with Gasteiger partial charge in [0.2, 0.25) is 5.88 Å². The highest BCUT2D eigenvalue weighted by atomic mass is 19.4. The van der Waals surface area contributed by atoms with Crippen molar-refractivity contribution in [1.82, 2.24) is 15.2 Å². The monoisotopic (exact) mass is 475 g/mol. The number of piperidine rings is 1. The molecule has 0 saturated carbocycles. The van der Waals surface area contributed by atoms with Crippen molar-refractivity contribution in [2.24, 2.45) is 5.41 Å². The number of hydrogen-bond acceptors (Lipinski definition) is 6. The summed E-state index contributed by atoms with van der Waals surface area (Å²) in [7, 11) is 1.65. The average molecular weight is 475 g/mol. The van der Waals surface area contributed by atoms with Crippen molar-refractivity contribution in [3.8, 4) is 5.88 Å². The predicted molar refractivity (Wildman–Crippen MR) is 98.0 cm³/mol. The highest BCUT2D eigenvalue weighted by Gasteiger charge is 2.43. The fraction of sp³-hybridized carbons (Fsp3) is 0.611. The Hall–Kier alpha value is -2.61. The molecule has 1 aromatic rings. The molecule has 2 aliphatic rings. The number of carboxylic acid groups (broad SMARTS) is 2. The first-order valence-corrected chi connectivity index (χ1v) is 9.21. The Morgan fingerprint density at radius 3 is 1.88 bits per heavy atom. The van der Waals surface area contributed by atoms with Gasteiger partial charge in [0.1, 0.15) is 0 Å². The second kappa shape index (κ2) is 11.3. The predicted octanol–water partition coefficient (Wildman–Crippen LogP) is 2.54. The number of pyridine rings is 1. The number of likely N-dealkylation sites (tertiary alicyclic amines) is 1. The second-order valence-electron chi connectivity index (χ2n) is 7.21. The molecular formula is C18H23F6N3O5. The van der Waals surface area contributed by atoms with Crippen LogP contribution in [0.3, 0.4) is 0 Å². The zero-order valence-electron chi connectivity index (χ0n) is 17.0. The van der Waals surface area contributed by atoms with Gasteiger partial charge >= 0.3 is 24.3 Å². The maximum absolute atomic E-state index is 10.6. The number of alkyl halides is 6. The number of halogens is 6. The molecule has 0 amide bonds. The lowest BCUT2D eigenvalue weighted by atomic mass is 9.72. The van der Waals surface area contributed by atoms with Crippen molar-refractivity contribution in [2.45, 2.75) is 31.7 Å². The van der Waals surface area contributed by atoms with E-state index in [1.54, 1.807) is 7.11 Å². The van der Waals surface area contributed by atoms with Gasteiger partial charge in [0.15, 0.2) is 0 Å². The molecule has 0 bridgehead atoms. The molecule has 3 heterocycles. The Labute approximate surface area is 179 Å². The normalized spacial score (nSPS) is 17.7. The molecule has 0 aliphatic carbocycles. The van der Waals surface area contributed by atoms with E-state index in [4.69, 9.17) is 24.5 Å². The fourth-order valence-electron chi connectivity index (χ4n) is 3.17. The minimum atomic E-state index is -5.08. The molecule has 32 heavy (non-hydrogen) atoms. The van der Waals surface area contributed by atoms with Gasteiger partial charge in [0.25, 0.3) is 0 Å². The largest absolute Gasteiger partial charge is 0.490 e. The Morgan fingerprint density at radius 2 is 1.53 bits per heavy atom. The summed E-state index contributed by atoms with van der Waals surface area (Å²) >= 11 is 0. The van der Waals surface area contributed by atoms with Crippen LogP contribution >= 0.6 is 0 Å². The molecule has 1 aromatic heterocycles. The van der Waals surface area contributed by atoms with Gasteiger partial charge in [0.05, 0.1) is 7.11 Å². The van der Waals surface area contributed by atoms with Crippen molar-refractivity contribution in [3.63, 3.8) is 0 Å². The summed E-state index contributed by atoms with van der Waals surface area (Å²) < 4.78 is 68.5. The lowest BCUT2D eigenvalue weighted by Gasteiger charge is -2.52. The van der Waals surface area contributed by atoms with Gasteiger partial charge in [-0.05, 0) is 36.9 Å². The van der Waals surface area contributed by atoms with E-state index in [1.165, 1.54) is 44.6 Å². The van der Waals surface area contributed by atoms with Gasteiger partial charge < -0.3 is 20.3 Å². The van der Waals surface area contributed by atoms with E-state index < -0.39 is 24.3 Å². The zero-order chi connectivity index (χ0) is 24.6. The Morgan fingerprint density at radius 1 is 1.06 bits per heavy atom. The van der Waals surface area contributed by atoms with Crippen LogP contribution in [0.1, 0.15) is 18.4 Å². The smallest absolute Gasteiger partial charge is 0.481 e. The molecular weight excluding hydrogens is 452 g/mol. The number of carboxylic acids is 2. The molecule has 3 rings (SSSR count). The number of nitrogens with zero attached hydrogens (tertiary/aromatic N) is 2. The second-order valence-corrected chi connectivity index (χ2v) is 7.21. The number of aromatic nitrogens is 1. The summed E-state index contributed by atoms with van der Waals surface area (Å²) in [4.78, 5) is 24.6. The van der Waals surface area contributed by atoms with Crippen LogP contribution in [-0.2, 0) is 16.1 Å². The quantitative estimate of drug-likeness (QED) is 0.572. The van der Waals surface area contributed by atoms with Crippen LogP contribution < -0.4 is 10.1 Å². The van der Waals surface area contributed by atoms with Crippen LogP contribution in [0.2, 0.25) is 0 Å². The van der Waals surface area contributed by atoms with E-state index in [1.807, 2.05) is 12.3 Å². The van der Waals surface area contributed by atoms with Gasteiger partial charge in [-0.3, -0.25) is 4.90 Å². The maximum atomic E-state index is 10.6. The van der Waals surface area contributed by atoms with Crippen LogP contribution in [0, 0.1) is 5.41 Å². The number of hydrogen-bond donors (Lipinski definition) is 3. The summed E-state index contributed by atoms with van der Waals surface area (Å²) in [6, 6.07) is 4.05. The van der Waals surface area contributed by atoms with Crippen LogP contribution in [0.15, 0.2) is 18.3 Å². The van der Waals surface area contributed by atoms with Crippen molar-refractivity contribution < 1.29 is 50.9 Å². The third kappa shape index (κ3) is 9.26. The molecule has 8 nitrogen and oxygen atoms in total. The van der Waals surface area contributed by atoms with Crippen LogP contribution in [0.5, 0.6) is 5.88 Å². The molecule has 3 N–H and O–H groups in total. The minimum Gasteiger partial charge on any atom is -0.481 e. The summed E-state index contributed by atoms with van der Waals surface area (Å²) in [6.07, 6.45) is -5.57. The van der Waals surface area contributed by atoms with Crippen LogP contribution in [-0.4, -0.2) is 77.7 Å². The number of aliphatic carboxylic acids is 2. The highest BCUT2D eigenvalue weighted by molar-refractivity contribution is 5.73. The minimum absolute atomic E-state index is 0.616. The molecule has 1 spiro atoms. The van der Waals surface area contributed by atoms with Gasteiger partial charge in [-0.25, -0.2) is 14.6 Å². The molecule has 0 radical (unpaired) electrons. The molecule has 2 saturated heterocycles. The van der Waals surface area contributed by atoms with Gasteiger partial charge in [-0.15, -0.1) is 0 Å². The van der Waals surface area contributed by atoms with Crippen LogP contribution in [0.4, 0.5) is 26.3 Å². The summed E-state index contributed by atoms with van der Waals surface area (Å²) in [5.41, 5.74) is 1.89. The lowest BCUT2D eigenvalue weighted by molar-refractivity contribution is -0.193. The first kappa shape index (κ1) is 27.4. The third-order valence-corrected chi connectivity index (χ3v) is 4.68. The van der Waals surface area contributed by atoms with Crippen molar-refractivity contribution in [1.29, 1.82) is 0 Å². The number of methoxy groups -OCH3 is 1. The first-order chi connectivity index (χ1) is 14.7. The topological polar surface area (TPSA) is 112 Å². The fourth-order valence-corrected chi connectivity index (χ4v) is 3.17. The van der Waals surface area contributed by atoms with Crippen molar-refractivity contribution in [2.75, 3.05) is 33.3 Å². The number of nitrogens with one attached hydrogen (secondary N) is 1. The Balaban J connectivity index is 0.000000305. The van der Waals surface area contributed by atoms with E-state index in [2.05, 4.69) is 21.3 Å². The Bertz CT molecular complexity index is 717. The lowest BCUT2D eigenvalue weighted by Crippen LogP contribution is -2.59.